The number of nitro benzene ring substituents is 1. The van der Waals surface area contributed by atoms with Crippen molar-refractivity contribution < 1.29 is 14.5 Å². The van der Waals surface area contributed by atoms with Gasteiger partial charge < -0.3 is 15.4 Å². The van der Waals surface area contributed by atoms with E-state index in [1.165, 1.54) is 6.07 Å². The van der Waals surface area contributed by atoms with Crippen molar-refractivity contribution in [2.24, 2.45) is 0 Å². The standard InChI is InChI=1S/C18H19N3O4/c1-18(2)13-8-14(19)16(21(23)24)9-15(13)20(17(18)22)10-11-4-6-12(25-3)7-5-11/h4-9H,10,19H2,1-3H3. The molecule has 1 amide bonds. The van der Waals surface area contributed by atoms with Crippen LogP contribution >= 0.6 is 0 Å². The number of fused-ring (bicyclic) bond motifs is 1. The minimum Gasteiger partial charge on any atom is -0.497 e. The first-order chi connectivity index (χ1) is 11.8. The van der Waals surface area contributed by atoms with Gasteiger partial charge in [0.05, 0.1) is 29.7 Å². The summed E-state index contributed by atoms with van der Waals surface area (Å²) in [6, 6.07) is 10.3. The molecule has 2 aromatic carbocycles. The zero-order valence-electron chi connectivity index (χ0n) is 14.3. The predicted molar refractivity (Wildman–Crippen MR) is 94.7 cm³/mol. The Labute approximate surface area is 145 Å². The molecule has 0 unspecified atom stereocenters. The molecule has 0 aliphatic carbocycles. The number of nitro groups is 1. The van der Waals surface area contributed by atoms with Crippen LogP contribution in [-0.4, -0.2) is 17.9 Å². The fourth-order valence-corrected chi connectivity index (χ4v) is 3.11. The molecule has 2 N–H and O–H groups in total. The average molecular weight is 341 g/mol. The van der Waals surface area contributed by atoms with Crippen LogP contribution in [0.5, 0.6) is 5.75 Å². The van der Waals surface area contributed by atoms with Crippen LogP contribution in [0.15, 0.2) is 36.4 Å². The molecule has 25 heavy (non-hydrogen) atoms. The second-order valence-electron chi connectivity index (χ2n) is 6.55. The van der Waals surface area contributed by atoms with Crippen LogP contribution in [0.2, 0.25) is 0 Å². The molecular weight excluding hydrogens is 322 g/mol. The zero-order valence-corrected chi connectivity index (χ0v) is 14.3. The van der Waals surface area contributed by atoms with E-state index in [9.17, 15) is 14.9 Å². The van der Waals surface area contributed by atoms with E-state index in [1.807, 2.05) is 24.3 Å². The maximum absolute atomic E-state index is 12.9. The Bertz CT molecular complexity index is 859. The summed E-state index contributed by atoms with van der Waals surface area (Å²) >= 11 is 0. The molecule has 1 aliphatic rings. The van der Waals surface area contributed by atoms with Crippen LogP contribution in [0.25, 0.3) is 0 Å². The third-order valence-corrected chi connectivity index (χ3v) is 4.59. The molecule has 2 aromatic rings. The van der Waals surface area contributed by atoms with E-state index in [-0.39, 0.29) is 17.3 Å². The summed E-state index contributed by atoms with van der Waals surface area (Å²) in [7, 11) is 1.58. The Morgan fingerprint density at radius 3 is 2.44 bits per heavy atom. The smallest absolute Gasteiger partial charge is 0.294 e. The number of nitrogen functional groups attached to an aromatic ring is 1. The Morgan fingerprint density at radius 1 is 1.24 bits per heavy atom. The van der Waals surface area contributed by atoms with Gasteiger partial charge >= 0.3 is 0 Å². The van der Waals surface area contributed by atoms with Gasteiger partial charge in [0.1, 0.15) is 11.4 Å². The molecule has 0 saturated carbocycles. The lowest BCUT2D eigenvalue weighted by Crippen LogP contribution is -2.35. The second kappa shape index (κ2) is 5.77. The molecule has 0 spiro atoms. The maximum Gasteiger partial charge on any atom is 0.294 e. The number of carbonyl (C=O) groups excluding carboxylic acids is 1. The Kier molecular flexibility index (Phi) is 3.87. The van der Waals surface area contributed by atoms with Gasteiger partial charge in [-0.3, -0.25) is 14.9 Å². The first-order valence-electron chi connectivity index (χ1n) is 7.79. The number of hydrogen-bond donors (Lipinski definition) is 1. The van der Waals surface area contributed by atoms with Gasteiger partial charge in [0.15, 0.2) is 0 Å². The number of benzene rings is 2. The van der Waals surface area contributed by atoms with Crippen molar-refractivity contribution in [1.29, 1.82) is 0 Å². The summed E-state index contributed by atoms with van der Waals surface area (Å²) < 4.78 is 5.14. The topological polar surface area (TPSA) is 98.7 Å². The van der Waals surface area contributed by atoms with Crippen molar-refractivity contribution in [1.82, 2.24) is 0 Å². The number of carbonyl (C=O) groups is 1. The minimum atomic E-state index is -0.787. The molecule has 0 bridgehead atoms. The third-order valence-electron chi connectivity index (χ3n) is 4.59. The molecule has 0 saturated heterocycles. The molecular formula is C18H19N3O4. The lowest BCUT2D eigenvalue weighted by atomic mass is 9.86. The molecule has 0 fully saturated rings. The van der Waals surface area contributed by atoms with E-state index >= 15 is 0 Å². The van der Waals surface area contributed by atoms with Gasteiger partial charge in [-0.05, 0) is 43.2 Å². The number of amides is 1. The van der Waals surface area contributed by atoms with E-state index < -0.39 is 10.3 Å². The van der Waals surface area contributed by atoms with E-state index in [1.54, 1.807) is 31.9 Å². The Morgan fingerprint density at radius 2 is 1.88 bits per heavy atom. The van der Waals surface area contributed by atoms with Gasteiger partial charge in [-0.15, -0.1) is 0 Å². The molecule has 7 nitrogen and oxygen atoms in total. The molecule has 130 valence electrons. The van der Waals surface area contributed by atoms with E-state index in [0.29, 0.717) is 17.8 Å². The van der Waals surface area contributed by atoms with Gasteiger partial charge in [0.2, 0.25) is 5.91 Å². The molecule has 3 rings (SSSR count). The summed E-state index contributed by atoms with van der Waals surface area (Å²) in [5.41, 5.74) is 7.03. The van der Waals surface area contributed by atoms with Crippen molar-refractivity contribution in [2.45, 2.75) is 25.8 Å². The predicted octanol–water partition coefficient (Wildman–Crippen LogP) is 3.01. The zero-order chi connectivity index (χ0) is 18.4. The van der Waals surface area contributed by atoms with Crippen molar-refractivity contribution in [3.63, 3.8) is 0 Å². The van der Waals surface area contributed by atoms with Crippen LogP contribution in [0.3, 0.4) is 0 Å². The normalized spacial score (nSPS) is 15.2. The summed E-state index contributed by atoms with van der Waals surface area (Å²) in [4.78, 5) is 25.1. The lowest BCUT2D eigenvalue weighted by molar-refractivity contribution is -0.383. The van der Waals surface area contributed by atoms with Crippen LogP contribution < -0.4 is 15.4 Å². The Hall–Kier alpha value is -3.09. The molecule has 0 atom stereocenters. The van der Waals surface area contributed by atoms with Crippen molar-refractivity contribution in [3.8, 4) is 5.75 Å². The highest BCUT2D eigenvalue weighted by Gasteiger charge is 2.45. The van der Waals surface area contributed by atoms with Gasteiger partial charge in [-0.2, -0.15) is 0 Å². The molecule has 1 heterocycles. The number of nitrogens with zero attached hydrogens (tertiary/aromatic N) is 2. The van der Waals surface area contributed by atoms with Gasteiger partial charge in [-0.1, -0.05) is 12.1 Å². The molecule has 1 aliphatic heterocycles. The fourth-order valence-electron chi connectivity index (χ4n) is 3.11. The first kappa shape index (κ1) is 16.8. The van der Waals surface area contributed by atoms with Crippen LogP contribution in [-0.2, 0) is 16.8 Å². The SMILES string of the molecule is COc1ccc(CN2C(=O)C(C)(C)c3cc(N)c([N+](=O)[O-])cc32)cc1. The number of hydrogen-bond acceptors (Lipinski definition) is 5. The summed E-state index contributed by atoms with van der Waals surface area (Å²) in [6.07, 6.45) is 0. The quantitative estimate of drug-likeness (QED) is 0.523. The van der Waals surface area contributed by atoms with Crippen molar-refractivity contribution in [2.75, 3.05) is 17.7 Å². The van der Waals surface area contributed by atoms with Crippen LogP contribution in [0.1, 0.15) is 25.0 Å². The van der Waals surface area contributed by atoms with E-state index in [2.05, 4.69) is 0 Å². The summed E-state index contributed by atoms with van der Waals surface area (Å²) in [5.74, 6) is 0.610. The first-order valence-corrected chi connectivity index (χ1v) is 7.79. The number of ether oxygens (including phenoxy) is 1. The van der Waals surface area contributed by atoms with Gasteiger partial charge in [0.25, 0.3) is 5.69 Å². The van der Waals surface area contributed by atoms with Crippen molar-refractivity contribution >= 4 is 23.0 Å². The van der Waals surface area contributed by atoms with E-state index in [0.717, 1.165) is 11.3 Å². The highest BCUT2D eigenvalue weighted by molar-refractivity contribution is 6.08. The highest BCUT2D eigenvalue weighted by Crippen LogP contribution is 2.45. The Balaban J connectivity index is 2.05. The van der Waals surface area contributed by atoms with Gasteiger partial charge in [-0.25, -0.2) is 0 Å². The fraction of sp³-hybridized carbons (Fsp3) is 0.278. The molecule has 7 heteroatoms. The summed E-state index contributed by atoms with van der Waals surface area (Å²) in [6.45, 7) is 3.92. The number of methoxy groups -OCH3 is 1. The number of anilines is 2. The molecule has 0 aromatic heterocycles. The average Bonchev–Trinajstić information content (AvgIpc) is 2.75. The van der Waals surface area contributed by atoms with Crippen LogP contribution in [0.4, 0.5) is 17.1 Å². The molecule has 0 radical (unpaired) electrons. The number of rotatable bonds is 4. The lowest BCUT2D eigenvalue weighted by Gasteiger charge is -2.20. The maximum atomic E-state index is 12.9. The number of nitrogens with two attached hydrogens (primary N) is 1. The third kappa shape index (κ3) is 2.67. The highest BCUT2D eigenvalue weighted by atomic mass is 16.6. The van der Waals surface area contributed by atoms with Crippen molar-refractivity contribution in [3.05, 3.63) is 57.6 Å². The van der Waals surface area contributed by atoms with E-state index in [4.69, 9.17) is 10.5 Å². The minimum absolute atomic E-state index is 0.0657. The largest absolute Gasteiger partial charge is 0.497 e. The van der Waals surface area contributed by atoms with Gasteiger partial charge in [0, 0.05) is 6.07 Å². The second-order valence-corrected chi connectivity index (χ2v) is 6.55. The van der Waals surface area contributed by atoms with Crippen LogP contribution in [0, 0.1) is 10.1 Å². The monoisotopic (exact) mass is 341 g/mol. The summed E-state index contributed by atoms with van der Waals surface area (Å²) in [5, 5.41) is 11.2.